The van der Waals surface area contributed by atoms with Crippen LogP contribution in [-0.4, -0.2) is 35.3 Å². The van der Waals surface area contributed by atoms with Crippen molar-refractivity contribution < 1.29 is 4.39 Å². The summed E-state index contributed by atoms with van der Waals surface area (Å²) in [6.45, 7) is 0. The van der Waals surface area contributed by atoms with Crippen molar-refractivity contribution in [2.75, 3.05) is 14.1 Å². The van der Waals surface area contributed by atoms with Gasteiger partial charge in [0.05, 0.1) is 12.5 Å². The normalized spacial score (nSPS) is 10.6. The summed E-state index contributed by atoms with van der Waals surface area (Å²) in [4.78, 5) is 12.6. The topological polar surface area (TPSA) is 41.4 Å². The lowest BCUT2D eigenvalue weighted by atomic mass is 10.6. The van der Waals surface area contributed by atoms with Crippen LogP contribution in [-0.2, 0) is 0 Å². The number of aromatic nitrogens is 2. The van der Waals surface area contributed by atoms with E-state index >= 15 is 0 Å². The Labute approximate surface area is 69.8 Å². The highest BCUT2D eigenvalue weighted by molar-refractivity contribution is 5.58. The summed E-state index contributed by atoms with van der Waals surface area (Å²) in [5, 5.41) is 0. The Morgan fingerprint density at radius 1 is 1.58 bits per heavy atom. The molecule has 0 saturated heterocycles. The third-order valence-electron chi connectivity index (χ3n) is 1.06. The van der Waals surface area contributed by atoms with E-state index in [9.17, 15) is 4.39 Å². The molecule has 1 aromatic rings. The highest BCUT2D eigenvalue weighted by Gasteiger charge is 1.98. The molecule has 64 valence electrons. The molecular weight excluding hydrogens is 159 g/mol. The summed E-state index contributed by atoms with van der Waals surface area (Å²) < 4.78 is 12.8. The largest absolute Gasteiger partial charge is 0.369 e. The summed E-state index contributed by atoms with van der Waals surface area (Å²) >= 11 is 0. The van der Waals surface area contributed by atoms with E-state index in [2.05, 4.69) is 15.0 Å². The van der Waals surface area contributed by atoms with E-state index in [0.717, 1.165) is 6.20 Å². The van der Waals surface area contributed by atoms with Crippen LogP contribution in [0, 0.1) is 5.82 Å². The maximum atomic E-state index is 12.8. The van der Waals surface area contributed by atoms with Crippen molar-refractivity contribution in [3.63, 3.8) is 0 Å². The first kappa shape index (κ1) is 8.58. The number of halogens is 1. The molecule has 1 aromatic heterocycles. The summed E-state index contributed by atoms with van der Waals surface area (Å²) in [6, 6.07) is 0. The zero-order valence-corrected chi connectivity index (χ0v) is 6.90. The van der Waals surface area contributed by atoms with E-state index < -0.39 is 5.82 Å². The molecule has 0 radical (unpaired) electrons. The first-order valence-corrected chi connectivity index (χ1v) is 3.36. The monoisotopic (exact) mass is 168 g/mol. The van der Waals surface area contributed by atoms with Gasteiger partial charge in [-0.1, -0.05) is 0 Å². The van der Waals surface area contributed by atoms with Crippen molar-refractivity contribution in [2.24, 2.45) is 4.99 Å². The average molecular weight is 168 g/mol. The van der Waals surface area contributed by atoms with Gasteiger partial charge in [0.25, 0.3) is 0 Å². The first-order chi connectivity index (χ1) is 5.70. The molecule has 0 N–H and O–H groups in total. The minimum Gasteiger partial charge on any atom is -0.369 e. The third-order valence-corrected chi connectivity index (χ3v) is 1.06. The zero-order chi connectivity index (χ0) is 8.97. The number of nitrogens with zero attached hydrogens (tertiary/aromatic N) is 4. The second-order valence-electron chi connectivity index (χ2n) is 2.40. The van der Waals surface area contributed by atoms with Gasteiger partial charge in [-0.25, -0.2) is 19.4 Å². The third kappa shape index (κ3) is 2.26. The zero-order valence-electron chi connectivity index (χ0n) is 6.90. The molecule has 1 heterocycles. The summed E-state index contributed by atoms with van der Waals surface area (Å²) in [5.74, 6) is -0.464. The molecule has 5 heteroatoms. The molecule has 0 atom stereocenters. The van der Waals surface area contributed by atoms with Crippen molar-refractivity contribution in [3.05, 3.63) is 18.3 Å². The van der Waals surface area contributed by atoms with Gasteiger partial charge in [-0.2, -0.15) is 0 Å². The quantitative estimate of drug-likeness (QED) is 0.485. The molecule has 1 rings (SSSR count). The van der Waals surface area contributed by atoms with Gasteiger partial charge in [0, 0.05) is 14.1 Å². The lowest BCUT2D eigenvalue weighted by Gasteiger charge is -2.01. The molecular formula is C7H9FN4. The van der Waals surface area contributed by atoms with Crippen molar-refractivity contribution in [1.29, 1.82) is 0 Å². The van der Waals surface area contributed by atoms with Crippen LogP contribution >= 0.6 is 0 Å². The predicted octanol–water partition coefficient (Wildman–Crippen LogP) is 0.837. The van der Waals surface area contributed by atoms with Crippen molar-refractivity contribution in [3.8, 4) is 0 Å². The maximum Gasteiger partial charge on any atom is 0.193 e. The molecule has 12 heavy (non-hydrogen) atoms. The molecule has 0 aliphatic rings. The summed E-state index contributed by atoms with van der Waals surface area (Å²) in [5.41, 5.74) is 0. The fraction of sp³-hybridized carbons (Fsp3) is 0.286. The molecule has 0 aliphatic heterocycles. The second kappa shape index (κ2) is 3.75. The molecule has 0 amide bonds. The smallest absolute Gasteiger partial charge is 0.193 e. The number of hydrogen-bond donors (Lipinski definition) is 0. The summed E-state index contributed by atoms with van der Waals surface area (Å²) in [7, 11) is 3.59. The van der Waals surface area contributed by atoms with Crippen LogP contribution in [0.15, 0.2) is 17.5 Å². The minimum atomic E-state index is -0.518. The average Bonchev–Trinajstić information content (AvgIpc) is 2.03. The van der Waals surface area contributed by atoms with Crippen LogP contribution in [0.2, 0.25) is 0 Å². The SMILES string of the molecule is CN(C)C=Nc1ncncc1F. The molecule has 0 unspecified atom stereocenters. The highest BCUT2D eigenvalue weighted by atomic mass is 19.1. The molecule has 0 fully saturated rings. The minimum absolute atomic E-state index is 0.0544. The van der Waals surface area contributed by atoms with Gasteiger partial charge in [-0.05, 0) is 0 Å². The van der Waals surface area contributed by atoms with Crippen LogP contribution in [0.25, 0.3) is 0 Å². The fourth-order valence-corrected chi connectivity index (χ4v) is 0.571. The predicted molar refractivity (Wildman–Crippen MR) is 43.8 cm³/mol. The molecule has 0 aromatic carbocycles. The summed E-state index contributed by atoms with van der Waals surface area (Å²) in [6.07, 6.45) is 3.81. The highest BCUT2D eigenvalue weighted by Crippen LogP contribution is 2.09. The van der Waals surface area contributed by atoms with Crippen molar-refractivity contribution >= 4 is 12.2 Å². The molecule has 0 spiro atoms. The Morgan fingerprint density at radius 2 is 2.33 bits per heavy atom. The van der Waals surface area contributed by atoms with Gasteiger partial charge in [-0.3, -0.25) is 0 Å². The second-order valence-corrected chi connectivity index (χ2v) is 2.40. The van der Waals surface area contributed by atoms with Gasteiger partial charge in [-0.15, -0.1) is 0 Å². The lowest BCUT2D eigenvalue weighted by molar-refractivity contribution is 0.612. The van der Waals surface area contributed by atoms with E-state index in [4.69, 9.17) is 0 Å². The number of hydrogen-bond acceptors (Lipinski definition) is 3. The Morgan fingerprint density at radius 3 is 2.92 bits per heavy atom. The number of aliphatic imine (C=N–C) groups is 1. The van der Waals surface area contributed by atoms with Crippen LogP contribution in [0.1, 0.15) is 0 Å². The van der Waals surface area contributed by atoms with Crippen LogP contribution in [0.4, 0.5) is 10.2 Å². The lowest BCUT2D eigenvalue weighted by Crippen LogP contribution is -2.07. The first-order valence-electron chi connectivity index (χ1n) is 3.36. The molecule has 4 nitrogen and oxygen atoms in total. The number of rotatable bonds is 2. The maximum absolute atomic E-state index is 12.8. The van der Waals surface area contributed by atoms with E-state index in [1.807, 2.05) is 0 Å². The standard InChI is InChI=1S/C7H9FN4/c1-12(2)5-11-7-6(8)3-9-4-10-7/h3-5H,1-2H3. The van der Waals surface area contributed by atoms with Crippen LogP contribution in [0.3, 0.4) is 0 Å². The van der Waals surface area contributed by atoms with Gasteiger partial charge >= 0.3 is 0 Å². The Kier molecular flexibility index (Phi) is 2.68. The van der Waals surface area contributed by atoms with Gasteiger partial charge in [0.15, 0.2) is 11.6 Å². The van der Waals surface area contributed by atoms with E-state index in [0.29, 0.717) is 0 Å². The van der Waals surface area contributed by atoms with Gasteiger partial charge in [0.1, 0.15) is 6.33 Å². The van der Waals surface area contributed by atoms with Gasteiger partial charge < -0.3 is 4.90 Å². The van der Waals surface area contributed by atoms with E-state index in [-0.39, 0.29) is 5.82 Å². The van der Waals surface area contributed by atoms with Crippen molar-refractivity contribution in [1.82, 2.24) is 14.9 Å². The van der Waals surface area contributed by atoms with Gasteiger partial charge in [0.2, 0.25) is 0 Å². The molecule has 0 saturated carbocycles. The fourth-order valence-electron chi connectivity index (χ4n) is 0.571. The Bertz CT molecular complexity index is 284. The molecule has 0 aliphatic carbocycles. The Balaban J connectivity index is 2.82. The molecule has 0 bridgehead atoms. The van der Waals surface area contributed by atoms with E-state index in [1.54, 1.807) is 19.0 Å². The van der Waals surface area contributed by atoms with Crippen LogP contribution < -0.4 is 0 Å². The van der Waals surface area contributed by atoms with Crippen molar-refractivity contribution in [2.45, 2.75) is 0 Å². The van der Waals surface area contributed by atoms with E-state index in [1.165, 1.54) is 12.7 Å². The van der Waals surface area contributed by atoms with Crippen LogP contribution in [0.5, 0.6) is 0 Å². The Hall–Kier alpha value is -1.52.